The highest BCUT2D eigenvalue weighted by molar-refractivity contribution is 7.99. The molecule has 1 aliphatic rings. The van der Waals surface area contributed by atoms with Crippen molar-refractivity contribution in [1.82, 2.24) is 10.2 Å². The smallest absolute Gasteiger partial charge is 0.410 e. The molecule has 1 aromatic rings. The van der Waals surface area contributed by atoms with E-state index in [4.69, 9.17) is 10.5 Å². The average Bonchev–Trinajstić information content (AvgIpc) is 3.16. The number of hydrogen-bond acceptors (Lipinski definition) is 5. The van der Waals surface area contributed by atoms with E-state index >= 15 is 0 Å². The van der Waals surface area contributed by atoms with E-state index in [0.717, 1.165) is 18.4 Å². The third-order valence-corrected chi connectivity index (χ3v) is 5.79. The first-order valence-electron chi connectivity index (χ1n) is 10.0. The summed E-state index contributed by atoms with van der Waals surface area (Å²) < 4.78 is 5.40. The standard InChI is InChI=1S/C21H31N3O4S/c1-15(2)11-17(13-29-14-19(22)25)23-20(26)18-9-6-10-24(18)21(27)28-12-16-7-4-3-5-8-16/h3-5,7-8,15,17-18H,6,9-14H2,1-2H3,(H2,22,25)(H,23,26)/t17-,18-/m0/s1. The molecular weight excluding hydrogens is 390 g/mol. The third-order valence-electron chi connectivity index (χ3n) is 4.66. The van der Waals surface area contributed by atoms with Crippen molar-refractivity contribution < 1.29 is 19.1 Å². The van der Waals surface area contributed by atoms with Gasteiger partial charge in [-0.2, -0.15) is 0 Å². The Morgan fingerprint density at radius 1 is 1.28 bits per heavy atom. The predicted octanol–water partition coefficient (Wildman–Crippen LogP) is 2.54. The lowest BCUT2D eigenvalue weighted by atomic mass is 10.0. The van der Waals surface area contributed by atoms with Gasteiger partial charge in [0.15, 0.2) is 0 Å². The highest BCUT2D eigenvalue weighted by Crippen LogP contribution is 2.20. The molecule has 1 heterocycles. The second-order valence-corrected chi connectivity index (χ2v) is 8.74. The van der Waals surface area contributed by atoms with Crippen molar-refractivity contribution in [2.45, 2.75) is 51.8 Å². The van der Waals surface area contributed by atoms with Gasteiger partial charge in [-0.1, -0.05) is 44.2 Å². The first-order chi connectivity index (χ1) is 13.9. The zero-order chi connectivity index (χ0) is 21.2. The summed E-state index contributed by atoms with van der Waals surface area (Å²) in [5.41, 5.74) is 6.10. The molecule has 0 aromatic heterocycles. The van der Waals surface area contributed by atoms with Gasteiger partial charge in [-0.3, -0.25) is 14.5 Å². The molecule has 7 nitrogen and oxygen atoms in total. The van der Waals surface area contributed by atoms with Gasteiger partial charge in [0.25, 0.3) is 0 Å². The molecule has 1 aromatic carbocycles. The molecule has 1 aliphatic heterocycles. The summed E-state index contributed by atoms with van der Waals surface area (Å²) in [6, 6.07) is 8.87. The maximum Gasteiger partial charge on any atom is 0.410 e. The Kier molecular flexibility index (Phi) is 9.31. The summed E-state index contributed by atoms with van der Waals surface area (Å²) in [5.74, 6) is 0.700. The largest absolute Gasteiger partial charge is 0.445 e. The van der Waals surface area contributed by atoms with Gasteiger partial charge in [-0.25, -0.2) is 4.79 Å². The van der Waals surface area contributed by atoms with Gasteiger partial charge >= 0.3 is 6.09 Å². The minimum atomic E-state index is -0.519. The number of benzene rings is 1. The van der Waals surface area contributed by atoms with E-state index in [9.17, 15) is 14.4 Å². The summed E-state index contributed by atoms with van der Waals surface area (Å²) in [5, 5.41) is 3.06. The van der Waals surface area contributed by atoms with Gasteiger partial charge in [-0.05, 0) is 30.7 Å². The van der Waals surface area contributed by atoms with Crippen LogP contribution in [-0.4, -0.2) is 52.9 Å². The molecule has 0 bridgehead atoms. The molecule has 2 atom stereocenters. The number of ether oxygens (including phenoxy) is 1. The maximum absolute atomic E-state index is 12.9. The fourth-order valence-electron chi connectivity index (χ4n) is 3.40. The zero-order valence-electron chi connectivity index (χ0n) is 17.1. The minimum Gasteiger partial charge on any atom is -0.445 e. The lowest BCUT2D eigenvalue weighted by molar-refractivity contribution is -0.125. The van der Waals surface area contributed by atoms with Gasteiger partial charge in [0, 0.05) is 18.3 Å². The van der Waals surface area contributed by atoms with E-state index in [-0.39, 0.29) is 30.2 Å². The number of primary amides is 1. The Bertz CT molecular complexity index is 684. The molecule has 3 N–H and O–H groups in total. The highest BCUT2D eigenvalue weighted by Gasteiger charge is 2.36. The highest BCUT2D eigenvalue weighted by atomic mass is 32.2. The number of nitrogens with zero attached hydrogens (tertiary/aromatic N) is 1. The van der Waals surface area contributed by atoms with Crippen LogP contribution in [0.25, 0.3) is 0 Å². The Hall–Kier alpha value is -2.22. The van der Waals surface area contributed by atoms with Crippen LogP contribution in [0, 0.1) is 5.92 Å². The molecule has 29 heavy (non-hydrogen) atoms. The monoisotopic (exact) mass is 421 g/mol. The van der Waals surface area contributed by atoms with Crippen molar-refractivity contribution in [3.05, 3.63) is 35.9 Å². The van der Waals surface area contributed by atoms with E-state index < -0.39 is 12.1 Å². The summed E-state index contributed by atoms with van der Waals surface area (Å²) in [6.45, 7) is 4.86. The molecule has 0 saturated carbocycles. The number of thioether (sulfide) groups is 1. The van der Waals surface area contributed by atoms with E-state index in [1.165, 1.54) is 16.7 Å². The fraction of sp³-hybridized carbons (Fsp3) is 0.571. The van der Waals surface area contributed by atoms with Crippen molar-refractivity contribution in [2.24, 2.45) is 11.7 Å². The number of carbonyl (C=O) groups is 3. The number of nitrogens with two attached hydrogens (primary N) is 1. The first-order valence-corrected chi connectivity index (χ1v) is 11.2. The molecule has 8 heteroatoms. The van der Waals surface area contributed by atoms with E-state index in [1.807, 2.05) is 30.3 Å². The van der Waals surface area contributed by atoms with E-state index in [1.54, 1.807) is 0 Å². The van der Waals surface area contributed by atoms with Gasteiger partial charge in [0.1, 0.15) is 12.6 Å². The Morgan fingerprint density at radius 2 is 2.00 bits per heavy atom. The van der Waals surface area contributed by atoms with Crippen LogP contribution >= 0.6 is 11.8 Å². The topological polar surface area (TPSA) is 102 Å². The quantitative estimate of drug-likeness (QED) is 0.604. The van der Waals surface area contributed by atoms with Crippen LogP contribution in [0.3, 0.4) is 0 Å². The molecule has 0 spiro atoms. The van der Waals surface area contributed by atoms with E-state index in [2.05, 4.69) is 19.2 Å². The number of amides is 3. The molecule has 1 saturated heterocycles. The second-order valence-electron chi connectivity index (χ2n) is 7.71. The molecule has 160 valence electrons. The summed E-state index contributed by atoms with van der Waals surface area (Å²) in [4.78, 5) is 37.9. The minimum absolute atomic E-state index is 0.0744. The Labute approximate surface area is 176 Å². The Morgan fingerprint density at radius 3 is 2.66 bits per heavy atom. The Balaban J connectivity index is 1.90. The van der Waals surface area contributed by atoms with Crippen LogP contribution < -0.4 is 11.1 Å². The van der Waals surface area contributed by atoms with Crippen molar-refractivity contribution >= 4 is 29.7 Å². The van der Waals surface area contributed by atoms with Crippen LogP contribution in [0.15, 0.2) is 30.3 Å². The summed E-state index contributed by atoms with van der Waals surface area (Å²) in [7, 11) is 0. The summed E-state index contributed by atoms with van der Waals surface area (Å²) >= 11 is 1.41. The fourth-order valence-corrected chi connectivity index (χ4v) is 4.22. The predicted molar refractivity (Wildman–Crippen MR) is 114 cm³/mol. The van der Waals surface area contributed by atoms with Crippen LogP contribution in [0.2, 0.25) is 0 Å². The number of hydrogen-bond donors (Lipinski definition) is 2. The van der Waals surface area contributed by atoms with E-state index in [0.29, 0.717) is 24.6 Å². The molecule has 3 amide bonds. The van der Waals surface area contributed by atoms with Crippen molar-refractivity contribution in [1.29, 1.82) is 0 Å². The van der Waals surface area contributed by atoms with Crippen LogP contribution in [0.5, 0.6) is 0 Å². The molecule has 0 radical (unpaired) electrons. The summed E-state index contributed by atoms with van der Waals surface area (Å²) in [6.07, 6.45) is 1.72. The van der Waals surface area contributed by atoms with Crippen molar-refractivity contribution in [2.75, 3.05) is 18.1 Å². The molecule has 0 aliphatic carbocycles. The normalized spacial score (nSPS) is 17.2. The molecule has 1 fully saturated rings. The van der Waals surface area contributed by atoms with Crippen molar-refractivity contribution in [3.8, 4) is 0 Å². The SMILES string of the molecule is CC(C)C[C@@H](CSCC(N)=O)NC(=O)[C@@H]1CCCN1C(=O)OCc1ccccc1. The van der Waals surface area contributed by atoms with Gasteiger partial charge < -0.3 is 15.8 Å². The molecular formula is C21H31N3O4S. The molecule has 2 rings (SSSR count). The second kappa shape index (κ2) is 11.7. The zero-order valence-corrected chi connectivity index (χ0v) is 18.0. The van der Waals surface area contributed by atoms with Gasteiger partial charge in [0.2, 0.25) is 11.8 Å². The number of carbonyl (C=O) groups excluding carboxylic acids is 3. The lowest BCUT2D eigenvalue weighted by Gasteiger charge is -2.26. The van der Waals surface area contributed by atoms with Gasteiger partial charge in [0.05, 0.1) is 5.75 Å². The molecule has 0 unspecified atom stereocenters. The third kappa shape index (κ3) is 7.97. The maximum atomic E-state index is 12.9. The van der Waals surface area contributed by atoms with Crippen molar-refractivity contribution in [3.63, 3.8) is 0 Å². The van der Waals surface area contributed by atoms with Gasteiger partial charge in [-0.15, -0.1) is 11.8 Å². The average molecular weight is 422 g/mol. The van der Waals surface area contributed by atoms with Crippen LogP contribution in [-0.2, 0) is 20.9 Å². The lowest BCUT2D eigenvalue weighted by Crippen LogP contribution is -2.49. The van der Waals surface area contributed by atoms with Crippen LogP contribution in [0.1, 0.15) is 38.7 Å². The number of nitrogens with one attached hydrogen (secondary N) is 1. The number of likely N-dealkylation sites (tertiary alicyclic amines) is 1. The van der Waals surface area contributed by atoms with Crippen LogP contribution in [0.4, 0.5) is 4.79 Å². The number of rotatable bonds is 10. The first kappa shape index (κ1) is 23.1.